The zero-order chi connectivity index (χ0) is 14.3. The standard InChI is InChI=1S/C10H20N2O5Si/c1-18(2,3)5-4-17-10(16)12-7(9(14)15)6-8(11)13/h7H,4-6H2,1-3H3,(H2,11,13)(H,12,16)(H,14,15)/t7-/m0/s1. The second-order valence-electron chi connectivity index (χ2n) is 5.15. The third kappa shape index (κ3) is 8.56. The van der Waals surface area contributed by atoms with Gasteiger partial charge in [0.1, 0.15) is 6.04 Å². The van der Waals surface area contributed by atoms with Gasteiger partial charge in [0.25, 0.3) is 0 Å². The summed E-state index contributed by atoms with van der Waals surface area (Å²) in [4.78, 5) is 32.6. The molecule has 0 radical (unpaired) electrons. The lowest BCUT2D eigenvalue weighted by Gasteiger charge is -2.17. The van der Waals surface area contributed by atoms with Crippen molar-refractivity contribution in [3.63, 3.8) is 0 Å². The molecular weight excluding hydrogens is 256 g/mol. The monoisotopic (exact) mass is 276 g/mol. The van der Waals surface area contributed by atoms with E-state index in [0.717, 1.165) is 6.04 Å². The van der Waals surface area contributed by atoms with Crippen molar-refractivity contribution in [2.45, 2.75) is 38.1 Å². The van der Waals surface area contributed by atoms with Crippen molar-refractivity contribution in [2.24, 2.45) is 5.73 Å². The van der Waals surface area contributed by atoms with Gasteiger partial charge >= 0.3 is 12.1 Å². The molecule has 8 heteroatoms. The SMILES string of the molecule is C[Si](C)(C)CCOC(=O)N[C@@H](CC(N)=O)C(=O)O. The average molecular weight is 276 g/mol. The average Bonchev–Trinajstić information content (AvgIpc) is 2.13. The van der Waals surface area contributed by atoms with Crippen LogP contribution in [0.5, 0.6) is 0 Å². The first kappa shape index (κ1) is 16.4. The van der Waals surface area contributed by atoms with Gasteiger partial charge in [0, 0.05) is 8.07 Å². The van der Waals surface area contributed by atoms with Crippen LogP contribution in [0.15, 0.2) is 0 Å². The third-order valence-electron chi connectivity index (χ3n) is 2.08. The topological polar surface area (TPSA) is 119 Å². The van der Waals surface area contributed by atoms with Gasteiger partial charge in [0.15, 0.2) is 0 Å². The van der Waals surface area contributed by atoms with Gasteiger partial charge in [-0.25, -0.2) is 9.59 Å². The van der Waals surface area contributed by atoms with Crippen molar-refractivity contribution < 1.29 is 24.2 Å². The van der Waals surface area contributed by atoms with Crippen molar-refractivity contribution in [2.75, 3.05) is 6.61 Å². The summed E-state index contributed by atoms with van der Waals surface area (Å²) >= 11 is 0. The molecule has 0 aliphatic rings. The van der Waals surface area contributed by atoms with Crippen LogP contribution in [0.25, 0.3) is 0 Å². The molecule has 0 aromatic heterocycles. The predicted octanol–water partition coefficient (Wildman–Crippen LogP) is 0.379. The first-order chi connectivity index (χ1) is 8.11. The van der Waals surface area contributed by atoms with Gasteiger partial charge < -0.3 is 20.9 Å². The lowest BCUT2D eigenvalue weighted by Crippen LogP contribution is -2.43. The van der Waals surface area contributed by atoms with Crippen molar-refractivity contribution in [3.05, 3.63) is 0 Å². The fourth-order valence-corrected chi connectivity index (χ4v) is 1.75. The van der Waals surface area contributed by atoms with Crippen molar-refractivity contribution in [3.8, 4) is 0 Å². The number of primary amides is 1. The summed E-state index contributed by atoms with van der Waals surface area (Å²) in [6.45, 7) is 6.62. The van der Waals surface area contributed by atoms with Gasteiger partial charge in [0.05, 0.1) is 13.0 Å². The fraction of sp³-hybridized carbons (Fsp3) is 0.700. The van der Waals surface area contributed by atoms with Crippen LogP contribution in [0.1, 0.15) is 6.42 Å². The number of alkyl carbamates (subject to hydrolysis) is 1. The quantitative estimate of drug-likeness (QED) is 0.581. The molecule has 0 heterocycles. The zero-order valence-electron chi connectivity index (χ0n) is 10.9. The maximum Gasteiger partial charge on any atom is 0.407 e. The Hall–Kier alpha value is -1.57. The number of carbonyl (C=O) groups excluding carboxylic acids is 2. The summed E-state index contributed by atoms with van der Waals surface area (Å²) < 4.78 is 4.85. The van der Waals surface area contributed by atoms with Gasteiger partial charge in [0.2, 0.25) is 5.91 Å². The number of hydrogen-bond acceptors (Lipinski definition) is 4. The Morgan fingerprint density at radius 3 is 2.28 bits per heavy atom. The van der Waals surface area contributed by atoms with Crippen LogP contribution in [0, 0.1) is 0 Å². The Morgan fingerprint density at radius 2 is 1.89 bits per heavy atom. The lowest BCUT2D eigenvalue weighted by atomic mass is 10.2. The number of aliphatic carboxylic acids is 1. The molecule has 0 aromatic rings. The van der Waals surface area contributed by atoms with Crippen LogP contribution in [-0.2, 0) is 14.3 Å². The summed E-state index contributed by atoms with van der Waals surface area (Å²) in [5.74, 6) is -2.12. The van der Waals surface area contributed by atoms with Crippen molar-refractivity contribution >= 4 is 26.0 Å². The Morgan fingerprint density at radius 1 is 1.33 bits per heavy atom. The third-order valence-corrected chi connectivity index (χ3v) is 3.78. The van der Waals surface area contributed by atoms with E-state index in [9.17, 15) is 14.4 Å². The number of ether oxygens (including phenoxy) is 1. The molecule has 0 aliphatic heterocycles. The number of rotatable bonds is 7. The molecular formula is C10H20N2O5Si. The molecule has 0 unspecified atom stereocenters. The van der Waals surface area contributed by atoms with E-state index in [1.54, 1.807) is 0 Å². The Kier molecular flexibility index (Phi) is 6.38. The molecule has 7 nitrogen and oxygen atoms in total. The van der Waals surface area contributed by atoms with E-state index in [1.807, 2.05) is 0 Å². The summed E-state index contributed by atoms with van der Waals surface area (Å²) in [5.41, 5.74) is 4.88. The Bertz CT molecular complexity index is 327. The highest BCUT2D eigenvalue weighted by atomic mass is 28.3. The number of nitrogens with two attached hydrogens (primary N) is 1. The molecule has 1 atom stereocenters. The van der Waals surface area contributed by atoms with E-state index in [-0.39, 0.29) is 6.61 Å². The second kappa shape index (κ2) is 6.99. The molecule has 0 aromatic carbocycles. The highest BCUT2D eigenvalue weighted by molar-refractivity contribution is 6.76. The molecule has 0 saturated heterocycles. The van der Waals surface area contributed by atoms with Gasteiger partial charge in [-0.05, 0) is 6.04 Å². The van der Waals surface area contributed by atoms with Crippen LogP contribution < -0.4 is 11.1 Å². The molecule has 2 amide bonds. The van der Waals surface area contributed by atoms with Crippen molar-refractivity contribution in [1.82, 2.24) is 5.32 Å². The second-order valence-corrected chi connectivity index (χ2v) is 10.8. The minimum atomic E-state index is -1.35. The molecule has 0 rings (SSSR count). The molecule has 0 fully saturated rings. The molecule has 4 N–H and O–H groups in total. The smallest absolute Gasteiger partial charge is 0.407 e. The van der Waals surface area contributed by atoms with Gasteiger partial charge in [-0.3, -0.25) is 4.79 Å². The summed E-state index contributed by atoms with van der Waals surface area (Å²) in [5, 5.41) is 10.8. The summed E-state index contributed by atoms with van der Waals surface area (Å²) in [6, 6.07) is -0.560. The fourth-order valence-electron chi connectivity index (χ4n) is 1.04. The van der Waals surface area contributed by atoms with Crippen LogP contribution in [0.4, 0.5) is 4.79 Å². The highest BCUT2D eigenvalue weighted by Gasteiger charge is 2.23. The van der Waals surface area contributed by atoms with E-state index in [2.05, 4.69) is 25.0 Å². The van der Waals surface area contributed by atoms with Crippen molar-refractivity contribution in [1.29, 1.82) is 0 Å². The molecule has 18 heavy (non-hydrogen) atoms. The first-order valence-electron chi connectivity index (χ1n) is 5.56. The molecule has 0 spiro atoms. The number of carboxylic acids is 1. The van der Waals surface area contributed by atoms with E-state index < -0.39 is 38.5 Å². The minimum absolute atomic E-state index is 0.241. The van der Waals surface area contributed by atoms with Crippen LogP contribution in [-0.4, -0.2) is 43.8 Å². The van der Waals surface area contributed by atoms with Gasteiger partial charge in [-0.15, -0.1) is 0 Å². The summed E-state index contributed by atoms with van der Waals surface area (Å²) in [7, 11) is -1.31. The van der Waals surface area contributed by atoms with E-state index >= 15 is 0 Å². The molecule has 104 valence electrons. The first-order valence-corrected chi connectivity index (χ1v) is 9.27. The Balaban J connectivity index is 4.11. The predicted molar refractivity (Wildman–Crippen MR) is 67.9 cm³/mol. The maximum absolute atomic E-state index is 11.3. The minimum Gasteiger partial charge on any atom is -0.480 e. The normalized spacial score (nSPS) is 12.6. The van der Waals surface area contributed by atoms with Crippen LogP contribution in [0.2, 0.25) is 25.7 Å². The summed E-state index contributed by atoms with van der Waals surface area (Å²) in [6.07, 6.45) is -1.31. The van der Waals surface area contributed by atoms with E-state index in [4.69, 9.17) is 15.6 Å². The number of amides is 2. The largest absolute Gasteiger partial charge is 0.480 e. The number of nitrogens with one attached hydrogen (secondary N) is 1. The Labute approximate surface area is 107 Å². The molecule has 0 aliphatic carbocycles. The number of carbonyl (C=O) groups is 3. The van der Waals surface area contributed by atoms with Crippen LogP contribution in [0.3, 0.4) is 0 Å². The van der Waals surface area contributed by atoms with E-state index in [0.29, 0.717) is 0 Å². The number of hydrogen-bond donors (Lipinski definition) is 3. The van der Waals surface area contributed by atoms with E-state index in [1.165, 1.54) is 0 Å². The lowest BCUT2D eigenvalue weighted by molar-refractivity contribution is -0.141. The molecule has 0 bridgehead atoms. The molecule has 0 saturated carbocycles. The highest BCUT2D eigenvalue weighted by Crippen LogP contribution is 2.07. The maximum atomic E-state index is 11.3. The van der Waals surface area contributed by atoms with Gasteiger partial charge in [-0.2, -0.15) is 0 Å². The zero-order valence-corrected chi connectivity index (χ0v) is 11.9. The number of carboxylic acid groups (broad SMARTS) is 1. The van der Waals surface area contributed by atoms with Crippen LogP contribution >= 0.6 is 0 Å². The van der Waals surface area contributed by atoms with Gasteiger partial charge in [-0.1, -0.05) is 19.6 Å².